The second-order valence-corrected chi connectivity index (χ2v) is 6.23. The lowest BCUT2D eigenvalue weighted by Crippen LogP contribution is -2.31. The van der Waals surface area contributed by atoms with Crippen molar-refractivity contribution in [3.05, 3.63) is 28.2 Å². The van der Waals surface area contributed by atoms with Crippen molar-refractivity contribution in [2.75, 3.05) is 17.2 Å². The number of nitrogens with zero attached hydrogens (tertiary/aromatic N) is 1. The van der Waals surface area contributed by atoms with Crippen molar-refractivity contribution in [3.8, 4) is 0 Å². The monoisotopic (exact) mass is 318 g/mol. The van der Waals surface area contributed by atoms with Crippen LogP contribution >= 0.6 is 35.0 Å². The van der Waals surface area contributed by atoms with E-state index in [0.717, 1.165) is 4.90 Å². The summed E-state index contributed by atoms with van der Waals surface area (Å²) in [5.74, 6) is 0.174. The van der Waals surface area contributed by atoms with Crippen LogP contribution in [-0.4, -0.2) is 29.4 Å². The van der Waals surface area contributed by atoms with Gasteiger partial charge < -0.3 is 5.73 Å². The molecule has 0 saturated carbocycles. The Labute approximate surface area is 125 Å². The van der Waals surface area contributed by atoms with E-state index < -0.39 is 0 Å². The van der Waals surface area contributed by atoms with Crippen molar-refractivity contribution in [1.82, 2.24) is 0 Å². The maximum absolute atomic E-state index is 12.2. The fourth-order valence-electron chi connectivity index (χ4n) is 1.88. The highest BCUT2D eigenvalue weighted by molar-refractivity contribution is 8.00. The Hall–Kier alpha value is -0.750. The second kappa shape index (κ2) is 6.13. The number of halogens is 2. The largest absolute Gasteiger partial charge is 0.330 e. The SMILES string of the molecule is NCCSC1CC(=O)N(c2cc(Cl)cc(Cl)c2)C1=O. The van der Waals surface area contributed by atoms with Gasteiger partial charge in [0.15, 0.2) is 0 Å². The maximum Gasteiger partial charge on any atom is 0.247 e. The average molecular weight is 319 g/mol. The van der Waals surface area contributed by atoms with Crippen LogP contribution in [0.4, 0.5) is 5.69 Å². The van der Waals surface area contributed by atoms with E-state index in [1.165, 1.54) is 11.8 Å². The van der Waals surface area contributed by atoms with E-state index in [0.29, 0.717) is 28.0 Å². The third-order valence-corrected chi connectivity index (χ3v) is 4.33. The molecule has 0 radical (unpaired) electrons. The quantitative estimate of drug-likeness (QED) is 0.865. The molecule has 4 nitrogen and oxygen atoms in total. The minimum atomic E-state index is -0.367. The highest BCUT2D eigenvalue weighted by Gasteiger charge is 2.39. The molecule has 2 rings (SSSR count). The van der Waals surface area contributed by atoms with Crippen LogP contribution in [0.3, 0.4) is 0 Å². The molecular formula is C12H12Cl2N2O2S. The van der Waals surface area contributed by atoms with Crippen molar-refractivity contribution in [2.24, 2.45) is 5.73 Å². The van der Waals surface area contributed by atoms with Gasteiger partial charge in [0.05, 0.1) is 10.9 Å². The summed E-state index contributed by atoms with van der Waals surface area (Å²) < 4.78 is 0. The van der Waals surface area contributed by atoms with Gasteiger partial charge in [-0.1, -0.05) is 23.2 Å². The number of amides is 2. The fourth-order valence-corrected chi connectivity index (χ4v) is 3.33. The minimum absolute atomic E-state index is 0.188. The molecular weight excluding hydrogens is 307 g/mol. The molecule has 0 aliphatic carbocycles. The van der Waals surface area contributed by atoms with Crippen LogP contribution in [-0.2, 0) is 9.59 Å². The summed E-state index contributed by atoms with van der Waals surface area (Å²) >= 11 is 13.2. The first kappa shape index (κ1) is 14.7. The molecule has 1 aliphatic heterocycles. The van der Waals surface area contributed by atoms with Crippen LogP contribution in [0.2, 0.25) is 10.0 Å². The lowest BCUT2D eigenvalue weighted by atomic mass is 10.3. The molecule has 0 spiro atoms. The van der Waals surface area contributed by atoms with E-state index in [2.05, 4.69) is 0 Å². The molecule has 1 heterocycles. The van der Waals surface area contributed by atoms with Crippen LogP contribution in [0.1, 0.15) is 6.42 Å². The predicted octanol–water partition coefficient (Wildman–Crippen LogP) is 2.32. The summed E-state index contributed by atoms with van der Waals surface area (Å²) in [6.45, 7) is 0.478. The molecule has 0 bridgehead atoms. The zero-order chi connectivity index (χ0) is 14.0. The Kier molecular flexibility index (Phi) is 4.73. The maximum atomic E-state index is 12.2. The summed E-state index contributed by atoms with van der Waals surface area (Å²) in [5, 5.41) is 0.413. The lowest BCUT2D eigenvalue weighted by molar-refractivity contribution is -0.121. The van der Waals surface area contributed by atoms with Gasteiger partial charge in [-0.25, -0.2) is 4.90 Å². The van der Waals surface area contributed by atoms with E-state index in [9.17, 15) is 9.59 Å². The number of carbonyl (C=O) groups excluding carboxylic acids is 2. The number of anilines is 1. The molecule has 1 fully saturated rings. The summed E-state index contributed by atoms with van der Waals surface area (Å²) in [6, 6.07) is 4.66. The zero-order valence-electron chi connectivity index (χ0n) is 9.94. The average Bonchev–Trinajstić information content (AvgIpc) is 2.60. The van der Waals surface area contributed by atoms with Gasteiger partial charge in [0, 0.05) is 28.8 Å². The number of nitrogens with two attached hydrogens (primary N) is 1. The van der Waals surface area contributed by atoms with Crippen molar-refractivity contribution < 1.29 is 9.59 Å². The standard InChI is InChI=1S/C12H12Cl2N2O2S/c13-7-3-8(14)5-9(4-7)16-11(17)6-10(12(16)18)19-2-1-15/h3-5,10H,1-2,6,15H2. The Morgan fingerprint density at radius 3 is 2.47 bits per heavy atom. The van der Waals surface area contributed by atoms with Crippen molar-refractivity contribution in [1.29, 1.82) is 0 Å². The van der Waals surface area contributed by atoms with Crippen LogP contribution in [0.25, 0.3) is 0 Å². The van der Waals surface area contributed by atoms with E-state index in [4.69, 9.17) is 28.9 Å². The zero-order valence-corrected chi connectivity index (χ0v) is 12.3. The number of benzene rings is 1. The summed E-state index contributed by atoms with van der Waals surface area (Å²) in [7, 11) is 0. The molecule has 2 N–H and O–H groups in total. The number of hydrogen-bond donors (Lipinski definition) is 1. The van der Waals surface area contributed by atoms with Crippen molar-refractivity contribution >= 4 is 52.5 Å². The molecule has 1 unspecified atom stereocenters. The Morgan fingerprint density at radius 2 is 1.89 bits per heavy atom. The van der Waals surface area contributed by atoms with E-state index in [-0.39, 0.29) is 23.5 Å². The second-order valence-electron chi connectivity index (χ2n) is 4.05. The first-order chi connectivity index (χ1) is 9.02. The molecule has 0 aromatic heterocycles. The Bertz CT molecular complexity index is 504. The highest BCUT2D eigenvalue weighted by Crippen LogP contribution is 2.32. The summed E-state index contributed by atoms with van der Waals surface area (Å²) in [6.07, 6.45) is 0.188. The van der Waals surface area contributed by atoms with Gasteiger partial charge in [0.25, 0.3) is 0 Å². The Morgan fingerprint density at radius 1 is 1.26 bits per heavy atom. The Balaban J connectivity index is 2.24. The molecule has 2 amide bonds. The van der Waals surface area contributed by atoms with Gasteiger partial charge in [-0.15, -0.1) is 11.8 Å². The first-order valence-electron chi connectivity index (χ1n) is 5.67. The van der Waals surface area contributed by atoms with Crippen LogP contribution < -0.4 is 10.6 Å². The van der Waals surface area contributed by atoms with Crippen LogP contribution in [0.5, 0.6) is 0 Å². The van der Waals surface area contributed by atoms with E-state index in [1.54, 1.807) is 18.2 Å². The highest BCUT2D eigenvalue weighted by atomic mass is 35.5. The predicted molar refractivity (Wildman–Crippen MR) is 78.9 cm³/mol. The summed E-state index contributed by atoms with van der Waals surface area (Å²) in [4.78, 5) is 25.3. The molecule has 1 aromatic carbocycles. The van der Waals surface area contributed by atoms with Gasteiger partial charge in [-0.05, 0) is 18.2 Å². The smallest absolute Gasteiger partial charge is 0.247 e. The lowest BCUT2D eigenvalue weighted by Gasteiger charge is -2.15. The number of hydrogen-bond acceptors (Lipinski definition) is 4. The molecule has 1 aliphatic rings. The third-order valence-electron chi connectivity index (χ3n) is 2.65. The van der Waals surface area contributed by atoms with Crippen LogP contribution in [0.15, 0.2) is 18.2 Å². The molecule has 19 heavy (non-hydrogen) atoms. The summed E-state index contributed by atoms with van der Waals surface area (Å²) in [5.41, 5.74) is 5.83. The fraction of sp³-hybridized carbons (Fsp3) is 0.333. The van der Waals surface area contributed by atoms with Gasteiger partial charge in [0.1, 0.15) is 0 Å². The van der Waals surface area contributed by atoms with E-state index in [1.807, 2.05) is 0 Å². The van der Waals surface area contributed by atoms with Gasteiger partial charge in [0.2, 0.25) is 11.8 Å². The molecule has 1 saturated heterocycles. The first-order valence-corrected chi connectivity index (χ1v) is 7.48. The number of carbonyl (C=O) groups is 2. The molecule has 1 atom stereocenters. The van der Waals surface area contributed by atoms with E-state index >= 15 is 0 Å². The molecule has 102 valence electrons. The van der Waals surface area contributed by atoms with Gasteiger partial charge in [-0.2, -0.15) is 0 Å². The third kappa shape index (κ3) is 3.23. The molecule has 7 heteroatoms. The molecule has 1 aromatic rings. The van der Waals surface area contributed by atoms with Gasteiger partial charge in [-0.3, -0.25) is 9.59 Å². The van der Waals surface area contributed by atoms with Crippen molar-refractivity contribution in [2.45, 2.75) is 11.7 Å². The van der Waals surface area contributed by atoms with Gasteiger partial charge >= 0.3 is 0 Å². The van der Waals surface area contributed by atoms with Crippen molar-refractivity contribution in [3.63, 3.8) is 0 Å². The topological polar surface area (TPSA) is 63.4 Å². The minimum Gasteiger partial charge on any atom is -0.330 e. The van der Waals surface area contributed by atoms with Crippen LogP contribution in [0, 0.1) is 0 Å². The number of rotatable bonds is 4. The number of thioether (sulfide) groups is 1. The normalized spacial score (nSPS) is 19.3. The number of imide groups is 1.